The van der Waals surface area contributed by atoms with Gasteiger partial charge in [0.05, 0.1) is 17.8 Å². The highest BCUT2D eigenvalue weighted by atomic mass is 17.3. The lowest BCUT2D eigenvalue weighted by molar-refractivity contribution is -0.535. The lowest BCUT2D eigenvalue weighted by Gasteiger charge is -2.32. The summed E-state index contributed by atoms with van der Waals surface area (Å²) < 4.78 is 5.24. The number of rotatable bonds is 11. The molecular weight excluding hydrogens is 312 g/mol. The molecule has 0 spiro atoms. The highest BCUT2D eigenvalue weighted by Gasteiger charge is 2.37. The molecule has 0 aromatic rings. The second kappa shape index (κ2) is 10.3. The number of hydrogen-bond donors (Lipinski definition) is 0. The molecule has 0 aromatic carbocycles. The number of hydrogen-bond acceptors (Lipinski definition) is 6. The Hall–Kier alpha value is -0.690. The van der Waals surface area contributed by atoms with Gasteiger partial charge >= 0.3 is 5.97 Å². The van der Waals surface area contributed by atoms with E-state index >= 15 is 0 Å². The van der Waals surface area contributed by atoms with Gasteiger partial charge in [-0.2, -0.15) is 9.78 Å². The standard InChI is InChI=1S/C18H36O6/c1-9-10-11-12-13-20-15(19)14-18(8,23-21-16(2,3)4)24-22-17(5,6)7/h9-14H2,1-8H3. The van der Waals surface area contributed by atoms with Gasteiger partial charge < -0.3 is 4.74 Å². The first-order valence-corrected chi connectivity index (χ1v) is 8.76. The zero-order valence-electron chi connectivity index (χ0n) is 16.7. The third-order valence-corrected chi connectivity index (χ3v) is 2.66. The van der Waals surface area contributed by atoms with Crippen LogP contribution in [0.3, 0.4) is 0 Å². The van der Waals surface area contributed by atoms with Gasteiger partial charge in [-0.3, -0.25) is 4.79 Å². The van der Waals surface area contributed by atoms with Crippen LogP contribution in [0.5, 0.6) is 0 Å². The van der Waals surface area contributed by atoms with E-state index in [1.165, 1.54) is 0 Å². The molecule has 0 aromatic heterocycles. The number of carbonyl (C=O) groups is 1. The SMILES string of the molecule is CCCCCCOC(=O)CC(C)(OOC(C)(C)C)OOC(C)(C)C. The van der Waals surface area contributed by atoms with E-state index < -0.39 is 23.0 Å². The maximum Gasteiger partial charge on any atom is 0.311 e. The van der Waals surface area contributed by atoms with Crippen molar-refractivity contribution in [1.82, 2.24) is 0 Å². The van der Waals surface area contributed by atoms with Crippen LogP contribution in [0.2, 0.25) is 0 Å². The van der Waals surface area contributed by atoms with Gasteiger partial charge in [0.1, 0.15) is 6.42 Å². The van der Waals surface area contributed by atoms with Crippen LogP contribution >= 0.6 is 0 Å². The molecule has 0 radical (unpaired) electrons. The molecule has 0 unspecified atom stereocenters. The van der Waals surface area contributed by atoms with Gasteiger partial charge in [0.25, 0.3) is 0 Å². The van der Waals surface area contributed by atoms with Crippen LogP contribution in [0.15, 0.2) is 0 Å². The molecule has 0 N–H and O–H groups in total. The van der Waals surface area contributed by atoms with Crippen molar-refractivity contribution >= 4 is 5.97 Å². The van der Waals surface area contributed by atoms with Crippen molar-refractivity contribution in [2.75, 3.05) is 6.61 Å². The average molecular weight is 348 g/mol. The molecule has 0 amide bonds. The summed E-state index contributed by atoms with van der Waals surface area (Å²) in [6.07, 6.45) is 4.05. The zero-order chi connectivity index (χ0) is 18.9. The monoisotopic (exact) mass is 348 g/mol. The lowest BCUT2D eigenvalue weighted by Crippen LogP contribution is -2.40. The van der Waals surface area contributed by atoms with E-state index in [2.05, 4.69) is 6.92 Å². The molecule has 0 heterocycles. The molecule has 0 rings (SSSR count). The molecule has 0 atom stereocenters. The fourth-order valence-corrected chi connectivity index (χ4v) is 1.53. The molecule has 144 valence electrons. The van der Waals surface area contributed by atoms with Crippen molar-refractivity contribution in [3.63, 3.8) is 0 Å². The predicted molar refractivity (Wildman–Crippen MR) is 92.0 cm³/mol. The Bertz CT molecular complexity index is 336. The predicted octanol–water partition coefficient (Wildman–Crippen LogP) is 4.71. The Balaban J connectivity index is 4.53. The van der Waals surface area contributed by atoms with Crippen LogP contribution in [0.1, 0.15) is 87.5 Å². The number of esters is 1. The highest BCUT2D eigenvalue weighted by molar-refractivity contribution is 5.70. The largest absolute Gasteiger partial charge is 0.466 e. The summed E-state index contributed by atoms with van der Waals surface area (Å²) in [4.78, 5) is 33.4. The third kappa shape index (κ3) is 13.7. The van der Waals surface area contributed by atoms with Crippen molar-refractivity contribution in [2.45, 2.75) is 104 Å². The van der Waals surface area contributed by atoms with Crippen LogP contribution < -0.4 is 0 Å². The first-order chi connectivity index (χ1) is 10.9. The fourth-order valence-electron chi connectivity index (χ4n) is 1.53. The normalized spacial score (nSPS) is 13.2. The van der Waals surface area contributed by atoms with Gasteiger partial charge in [-0.25, -0.2) is 9.78 Å². The van der Waals surface area contributed by atoms with Gasteiger partial charge in [-0.05, 0) is 54.9 Å². The average Bonchev–Trinajstić information content (AvgIpc) is 2.42. The molecular formula is C18H36O6. The summed E-state index contributed by atoms with van der Waals surface area (Å²) in [5, 5.41) is 0. The molecule has 0 aliphatic rings. The fraction of sp³-hybridized carbons (Fsp3) is 0.944. The van der Waals surface area contributed by atoms with Gasteiger partial charge in [-0.1, -0.05) is 26.2 Å². The van der Waals surface area contributed by atoms with Crippen molar-refractivity contribution in [2.24, 2.45) is 0 Å². The van der Waals surface area contributed by atoms with Crippen LogP contribution in [0, 0.1) is 0 Å². The van der Waals surface area contributed by atoms with E-state index in [0.717, 1.165) is 25.7 Å². The molecule has 24 heavy (non-hydrogen) atoms. The van der Waals surface area contributed by atoms with Gasteiger partial charge in [0, 0.05) is 0 Å². The van der Waals surface area contributed by atoms with Crippen molar-refractivity contribution in [3.8, 4) is 0 Å². The number of carbonyl (C=O) groups excluding carboxylic acids is 1. The van der Waals surface area contributed by atoms with E-state index in [1.54, 1.807) is 6.92 Å². The van der Waals surface area contributed by atoms with E-state index in [-0.39, 0.29) is 6.42 Å². The van der Waals surface area contributed by atoms with E-state index in [1.807, 2.05) is 41.5 Å². The smallest absolute Gasteiger partial charge is 0.311 e. The molecule has 0 saturated heterocycles. The molecule has 6 heteroatoms. The Kier molecular flexibility index (Phi) is 10.0. The Morgan fingerprint density at radius 3 is 1.67 bits per heavy atom. The quantitative estimate of drug-likeness (QED) is 0.177. The molecule has 0 fully saturated rings. The summed E-state index contributed by atoms with van der Waals surface area (Å²) in [6.45, 7) is 15.1. The Labute approximate surface area is 147 Å². The van der Waals surface area contributed by atoms with Crippen molar-refractivity contribution in [1.29, 1.82) is 0 Å². The Morgan fingerprint density at radius 2 is 1.25 bits per heavy atom. The second-order valence-electron chi connectivity index (χ2n) is 8.15. The summed E-state index contributed by atoms with van der Waals surface area (Å²) in [5.74, 6) is -1.80. The van der Waals surface area contributed by atoms with Gasteiger partial charge in [0.15, 0.2) is 0 Å². The highest BCUT2D eigenvalue weighted by Crippen LogP contribution is 2.25. The van der Waals surface area contributed by atoms with Crippen molar-refractivity contribution < 1.29 is 29.1 Å². The zero-order valence-corrected chi connectivity index (χ0v) is 16.7. The summed E-state index contributed by atoms with van der Waals surface area (Å²) in [5.41, 5.74) is -1.09. The third-order valence-electron chi connectivity index (χ3n) is 2.66. The van der Waals surface area contributed by atoms with Crippen LogP contribution in [-0.4, -0.2) is 29.6 Å². The lowest BCUT2D eigenvalue weighted by atomic mass is 10.2. The van der Waals surface area contributed by atoms with Gasteiger partial charge in [-0.15, -0.1) is 0 Å². The Morgan fingerprint density at radius 1 is 0.750 bits per heavy atom. The van der Waals surface area contributed by atoms with Crippen LogP contribution in [0.4, 0.5) is 0 Å². The van der Waals surface area contributed by atoms with E-state index in [9.17, 15) is 4.79 Å². The summed E-state index contributed by atoms with van der Waals surface area (Å²) >= 11 is 0. The maximum absolute atomic E-state index is 12.0. The number of unbranched alkanes of at least 4 members (excludes halogenated alkanes) is 3. The van der Waals surface area contributed by atoms with E-state index in [0.29, 0.717) is 6.61 Å². The van der Waals surface area contributed by atoms with Crippen LogP contribution in [-0.2, 0) is 29.1 Å². The number of ether oxygens (including phenoxy) is 1. The topological polar surface area (TPSA) is 63.2 Å². The minimum absolute atomic E-state index is 0.132. The van der Waals surface area contributed by atoms with Gasteiger partial charge in [0.2, 0.25) is 5.79 Å². The first kappa shape index (κ1) is 23.3. The van der Waals surface area contributed by atoms with E-state index in [4.69, 9.17) is 24.3 Å². The molecule has 0 bridgehead atoms. The van der Waals surface area contributed by atoms with Crippen LogP contribution in [0.25, 0.3) is 0 Å². The first-order valence-electron chi connectivity index (χ1n) is 8.76. The summed E-state index contributed by atoms with van der Waals surface area (Å²) in [6, 6.07) is 0. The molecule has 0 aliphatic carbocycles. The molecule has 0 aliphatic heterocycles. The maximum atomic E-state index is 12.0. The van der Waals surface area contributed by atoms with Crippen molar-refractivity contribution in [3.05, 3.63) is 0 Å². The molecule has 6 nitrogen and oxygen atoms in total. The minimum Gasteiger partial charge on any atom is -0.466 e. The second-order valence-corrected chi connectivity index (χ2v) is 8.15. The molecule has 0 saturated carbocycles. The summed E-state index contributed by atoms with van der Waals surface area (Å²) in [7, 11) is 0. The minimum atomic E-state index is -1.39.